The summed E-state index contributed by atoms with van der Waals surface area (Å²) in [6.45, 7) is 3.93. The molecule has 0 radical (unpaired) electrons. The average Bonchev–Trinajstić information content (AvgIpc) is 3.21. The second kappa shape index (κ2) is 8.94. The molecule has 3 N–H and O–H groups in total. The molecule has 0 unspecified atom stereocenters. The molecule has 0 aliphatic carbocycles. The predicted molar refractivity (Wildman–Crippen MR) is 111 cm³/mol. The Balaban J connectivity index is 0.00000243. The highest BCUT2D eigenvalue weighted by molar-refractivity contribution is 14.0. The van der Waals surface area contributed by atoms with Crippen LogP contribution in [0.4, 0.5) is 10.8 Å². The van der Waals surface area contributed by atoms with Crippen LogP contribution in [0.15, 0.2) is 23.7 Å². The van der Waals surface area contributed by atoms with E-state index in [4.69, 9.17) is 4.74 Å². The number of aromatic amines is 1. The van der Waals surface area contributed by atoms with Gasteiger partial charge in [-0.05, 0) is 26.0 Å². The van der Waals surface area contributed by atoms with Gasteiger partial charge in [-0.2, -0.15) is 0 Å². The molecule has 0 aliphatic heterocycles. The molecule has 138 valence electrons. The first kappa shape index (κ1) is 20.1. The van der Waals surface area contributed by atoms with Crippen molar-refractivity contribution >= 4 is 68.9 Å². The number of aromatic nitrogens is 3. The van der Waals surface area contributed by atoms with Crippen LogP contribution in [-0.2, 0) is 9.53 Å². The molecule has 10 heteroatoms. The summed E-state index contributed by atoms with van der Waals surface area (Å²) in [6.07, 6.45) is 0. The van der Waals surface area contributed by atoms with E-state index in [0.717, 1.165) is 16.5 Å². The standard InChI is InChI=1S/C16H17N5O3S.HI/c1-3-24-15(23)14-13(10-6-9(2)4-5-11(10)19-14)20-12(22)7-17-16-21-18-8-25-16;/h4-6,8,19H,3,7H2,1-2H3,(H,17,21)(H,20,22);1H. The first-order valence-corrected chi connectivity index (χ1v) is 8.55. The SMILES string of the molecule is CCOC(=O)c1[nH]c2ccc(C)cc2c1NC(=O)CNc1nncs1.I. The number of rotatable bonds is 6. The van der Waals surface area contributed by atoms with E-state index in [9.17, 15) is 9.59 Å². The maximum Gasteiger partial charge on any atom is 0.356 e. The molecule has 0 saturated heterocycles. The molecule has 2 heterocycles. The van der Waals surface area contributed by atoms with Gasteiger partial charge < -0.3 is 20.4 Å². The van der Waals surface area contributed by atoms with E-state index >= 15 is 0 Å². The number of carbonyl (C=O) groups excluding carboxylic acids is 2. The molecule has 26 heavy (non-hydrogen) atoms. The van der Waals surface area contributed by atoms with Crippen LogP contribution in [0.2, 0.25) is 0 Å². The van der Waals surface area contributed by atoms with Gasteiger partial charge in [-0.3, -0.25) is 4.79 Å². The summed E-state index contributed by atoms with van der Waals surface area (Å²) < 4.78 is 5.08. The van der Waals surface area contributed by atoms with Crippen LogP contribution in [0.25, 0.3) is 10.9 Å². The Labute approximate surface area is 170 Å². The van der Waals surface area contributed by atoms with Crippen molar-refractivity contribution in [2.75, 3.05) is 23.8 Å². The number of nitrogens with one attached hydrogen (secondary N) is 3. The monoisotopic (exact) mass is 487 g/mol. The zero-order chi connectivity index (χ0) is 17.8. The van der Waals surface area contributed by atoms with Crippen LogP contribution in [0, 0.1) is 6.92 Å². The van der Waals surface area contributed by atoms with Gasteiger partial charge in [-0.15, -0.1) is 34.2 Å². The number of nitrogens with zero attached hydrogens (tertiary/aromatic N) is 2. The fourth-order valence-corrected chi connectivity index (χ4v) is 2.83. The Hall–Kier alpha value is -2.21. The largest absolute Gasteiger partial charge is 0.461 e. The third-order valence-corrected chi connectivity index (χ3v) is 4.11. The van der Waals surface area contributed by atoms with Crippen molar-refractivity contribution in [1.29, 1.82) is 0 Å². The summed E-state index contributed by atoms with van der Waals surface area (Å²) in [7, 11) is 0. The minimum atomic E-state index is -0.510. The summed E-state index contributed by atoms with van der Waals surface area (Å²) in [6, 6.07) is 5.70. The van der Waals surface area contributed by atoms with E-state index < -0.39 is 5.97 Å². The zero-order valence-electron chi connectivity index (χ0n) is 14.2. The van der Waals surface area contributed by atoms with E-state index in [2.05, 4.69) is 25.8 Å². The number of ether oxygens (including phenoxy) is 1. The first-order valence-electron chi connectivity index (χ1n) is 7.67. The number of H-pyrrole nitrogens is 1. The number of aryl methyl sites for hydroxylation is 1. The summed E-state index contributed by atoms with van der Waals surface area (Å²) in [5.74, 6) is -0.813. The maximum absolute atomic E-state index is 12.3. The van der Waals surface area contributed by atoms with E-state index in [1.807, 2.05) is 25.1 Å². The molecule has 0 aliphatic rings. The normalized spacial score (nSPS) is 10.2. The highest BCUT2D eigenvalue weighted by Crippen LogP contribution is 2.29. The van der Waals surface area contributed by atoms with Crippen molar-refractivity contribution < 1.29 is 14.3 Å². The topological polar surface area (TPSA) is 109 Å². The quantitative estimate of drug-likeness (QED) is 0.364. The molecule has 0 fully saturated rings. The van der Waals surface area contributed by atoms with Gasteiger partial charge in [0.1, 0.15) is 11.2 Å². The molecular formula is C16H18IN5O3S. The lowest BCUT2D eigenvalue weighted by molar-refractivity contribution is -0.114. The van der Waals surface area contributed by atoms with Gasteiger partial charge in [0.05, 0.1) is 18.8 Å². The highest BCUT2D eigenvalue weighted by atomic mass is 127. The average molecular weight is 487 g/mol. The summed E-state index contributed by atoms with van der Waals surface area (Å²) in [5, 5.41) is 14.5. The van der Waals surface area contributed by atoms with Crippen LogP contribution < -0.4 is 10.6 Å². The van der Waals surface area contributed by atoms with Crippen molar-refractivity contribution in [3.05, 3.63) is 35.0 Å². The van der Waals surface area contributed by atoms with Crippen molar-refractivity contribution in [2.24, 2.45) is 0 Å². The van der Waals surface area contributed by atoms with Crippen LogP contribution in [0.1, 0.15) is 23.0 Å². The Morgan fingerprint density at radius 1 is 1.35 bits per heavy atom. The van der Waals surface area contributed by atoms with Crippen LogP contribution in [-0.4, -0.2) is 40.2 Å². The Bertz CT molecular complexity index is 910. The maximum atomic E-state index is 12.3. The molecule has 1 aromatic carbocycles. The summed E-state index contributed by atoms with van der Waals surface area (Å²) in [5.41, 5.74) is 3.99. The Morgan fingerprint density at radius 2 is 2.15 bits per heavy atom. The Kier molecular flexibility index (Phi) is 6.91. The van der Waals surface area contributed by atoms with Crippen molar-refractivity contribution in [2.45, 2.75) is 13.8 Å². The number of anilines is 2. The molecule has 3 rings (SSSR count). The highest BCUT2D eigenvalue weighted by Gasteiger charge is 2.20. The number of carbonyl (C=O) groups is 2. The fourth-order valence-electron chi connectivity index (χ4n) is 2.38. The molecule has 8 nitrogen and oxygen atoms in total. The summed E-state index contributed by atoms with van der Waals surface area (Å²) >= 11 is 1.30. The second-order valence-electron chi connectivity index (χ2n) is 5.29. The fraction of sp³-hybridized carbons (Fsp3) is 0.250. The van der Waals surface area contributed by atoms with Crippen LogP contribution in [0.5, 0.6) is 0 Å². The number of hydrogen-bond acceptors (Lipinski definition) is 7. The van der Waals surface area contributed by atoms with E-state index in [0.29, 0.717) is 10.8 Å². The van der Waals surface area contributed by atoms with E-state index in [1.54, 1.807) is 12.4 Å². The van der Waals surface area contributed by atoms with Gasteiger partial charge in [-0.25, -0.2) is 4.79 Å². The van der Waals surface area contributed by atoms with Crippen LogP contribution in [0.3, 0.4) is 0 Å². The number of halogens is 1. The predicted octanol–water partition coefficient (Wildman–Crippen LogP) is 3.17. The number of esters is 1. The molecule has 0 bridgehead atoms. The van der Waals surface area contributed by atoms with Crippen molar-refractivity contribution in [3.63, 3.8) is 0 Å². The third kappa shape index (κ3) is 4.49. The lowest BCUT2D eigenvalue weighted by Crippen LogP contribution is -2.23. The number of fused-ring (bicyclic) bond motifs is 1. The van der Waals surface area contributed by atoms with Gasteiger partial charge in [-0.1, -0.05) is 23.0 Å². The molecule has 3 aromatic rings. The van der Waals surface area contributed by atoms with E-state index in [-0.39, 0.29) is 48.7 Å². The van der Waals surface area contributed by atoms with Gasteiger partial charge in [0.2, 0.25) is 11.0 Å². The van der Waals surface area contributed by atoms with Gasteiger partial charge in [0, 0.05) is 10.9 Å². The number of benzene rings is 1. The minimum Gasteiger partial charge on any atom is -0.461 e. The van der Waals surface area contributed by atoms with Gasteiger partial charge in [0.25, 0.3) is 0 Å². The Morgan fingerprint density at radius 3 is 2.85 bits per heavy atom. The van der Waals surface area contributed by atoms with Crippen molar-refractivity contribution in [3.8, 4) is 0 Å². The molecular weight excluding hydrogens is 469 g/mol. The molecule has 0 saturated carbocycles. The first-order chi connectivity index (χ1) is 12.1. The summed E-state index contributed by atoms with van der Waals surface area (Å²) in [4.78, 5) is 27.5. The van der Waals surface area contributed by atoms with E-state index in [1.165, 1.54) is 11.3 Å². The number of amides is 1. The van der Waals surface area contributed by atoms with Crippen LogP contribution >= 0.6 is 35.3 Å². The van der Waals surface area contributed by atoms with Crippen molar-refractivity contribution in [1.82, 2.24) is 15.2 Å². The molecule has 1 amide bonds. The minimum absolute atomic E-state index is 0. The molecule has 0 atom stereocenters. The molecule has 0 spiro atoms. The smallest absolute Gasteiger partial charge is 0.356 e. The lowest BCUT2D eigenvalue weighted by Gasteiger charge is -2.08. The van der Waals surface area contributed by atoms with Gasteiger partial charge >= 0.3 is 5.97 Å². The second-order valence-corrected chi connectivity index (χ2v) is 6.12. The number of hydrogen-bond donors (Lipinski definition) is 3. The lowest BCUT2D eigenvalue weighted by atomic mass is 10.1. The zero-order valence-corrected chi connectivity index (χ0v) is 17.3. The third-order valence-electron chi connectivity index (χ3n) is 3.46. The van der Waals surface area contributed by atoms with Gasteiger partial charge in [0.15, 0.2) is 0 Å². The molecule has 2 aromatic heterocycles.